The molecule has 0 saturated heterocycles. The van der Waals surface area contributed by atoms with Crippen LogP contribution in [0.15, 0.2) is 48.2 Å². The van der Waals surface area contributed by atoms with E-state index in [0.717, 1.165) is 0 Å². The van der Waals surface area contributed by atoms with Crippen molar-refractivity contribution < 1.29 is 43.2 Å². The van der Waals surface area contributed by atoms with Crippen molar-refractivity contribution in [3.63, 3.8) is 0 Å². The minimum absolute atomic E-state index is 0.0302. The number of aromatic nitrogens is 2. The van der Waals surface area contributed by atoms with Gasteiger partial charge in [0.15, 0.2) is 0 Å². The second-order valence-electron chi connectivity index (χ2n) is 9.54. The van der Waals surface area contributed by atoms with E-state index in [2.05, 4.69) is 15.3 Å². The number of phenolic OH excluding ortho intramolecular Hbond substituents is 1. The van der Waals surface area contributed by atoms with Crippen LogP contribution in [-0.2, 0) is 30.8 Å². The zero-order valence-corrected chi connectivity index (χ0v) is 22.5. The van der Waals surface area contributed by atoms with Gasteiger partial charge in [-0.25, -0.2) is 23.3 Å². The summed E-state index contributed by atoms with van der Waals surface area (Å²) in [5, 5.41) is 54.0. The highest BCUT2D eigenvalue weighted by Gasteiger charge is 2.28. The third-order valence-corrected chi connectivity index (χ3v) is 7.65. The lowest BCUT2D eigenvalue weighted by Crippen LogP contribution is -2.42. The third-order valence-electron chi connectivity index (χ3n) is 6.48. The first kappa shape index (κ1) is 29.8. The summed E-state index contributed by atoms with van der Waals surface area (Å²) in [5.41, 5.74) is 6.87. The highest BCUT2D eigenvalue weighted by molar-refractivity contribution is 7.89. The summed E-state index contributed by atoms with van der Waals surface area (Å²) in [7, 11) is -4.08. The first-order valence-corrected chi connectivity index (χ1v) is 13.8. The number of carbonyl (C=O) groups excluding carboxylic acids is 1. The van der Waals surface area contributed by atoms with E-state index in [0.29, 0.717) is 16.6 Å². The van der Waals surface area contributed by atoms with Crippen LogP contribution in [0.2, 0.25) is 0 Å². The molecule has 0 radical (unpaired) electrons. The Labute approximate surface area is 237 Å². The lowest BCUT2D eigenvalue weighted by Gasteiger charge is -2.20. The molecule has 220 valence electrons. The molecule has 11 N–H and O–H groups in total. The summed E-state index contributed by atoms with van der Waals surface area (Å²) in [6.07, 6.45) is 0.908. The third kappa shape index (κ3) is 6.39. The number of amides is 1. The van der Waals surface area contributed by atoms with Gasteiger partial charge in [0.1, 0.15) is 29.2 Å². The molecular formula is C26H26N6O9S. The number of aliphatic hydroxyl groups is 1. The van der Waals surface area contributed by atoms with Crippen LogP contribution < -0.4 is 16.2 Å². The van der Waals surface area contributed by atoms with Crippen LogP contribution in [0.1, 0.15) is 29.5 Å². The van der Waals surface area contributed by atoms with Crippen molar-refractivity contribution in [1.82, 2.24) is 15.3 Å². The Hall–Kier alpha value is -5.22. The van der Waals surface area contributed by atoms with Crippen LogP contribution >= 0.6 is 0 Å². The minimum atomic E-state index is -4.08. The number of hydrogen-bond acceptors (Lipinski definition) is 9. The fourth-order valence-corrected chi connectivity index (χ4v) is 5.11. The van der Waals surface area contributed by atoms with Crippen molar-refractivity contribution in [3.05, 3.63) is 64.9 Å². The molecule has 1 aliphatic rings. The number of benzene rings is 2. The van der Waals surface area contributed by atoms with Crippen LogP contribution in [0.5, 0.6) is 5.75 Å². The van der Waals surface area contributed by atoms with Crippen LogP contribution in [0.25, 0.3) is 28.0 Å². The molecule has 15 nitrogen and oxygen atoms in total. The molecule has 42 heavy (non-hydrogen) atoms. The van der Waals surface area contributed by atoms with Gasteiger partial charge in [0.2, 0.25) is 15.9 Å². The maximum absolute atomic E-state index is 12.8. The number of aliphatic hydroxyl groups excluding tert-OH is 1. The summed E-state index contributed by atoms with van der Waals surface area (Å²) < 4.78 is 24.1. The van der Waals surface area contributed by atoms with E-state index >= 15 is 0 Å². The normalized spacial score (nSPS) is 15.9. The molecule has 0 bridgehead atoms. The SMILES string of the molecule is N=C(N)c1ccc2[nH]c(-c3cc(CC(=O)N[C@H](CC(=O)O)C(=O)O)cc(C4=CC(S(N)(=O)=O)CC=C4O)c3O)nc2c1. The Balaban J connectivity index is 1.84. The molecule has 1 unspecified atom stereocenters. The molecule has 1 heterocycles. The maximum Gasteiger partial charge on any atom is 0.326 e. The predicted octanol–water partition coefficient (Wildman–Crippen LogP) is 0.692. The number of fused-ring (bicyclic) bond motifs is 1. The molecule has 0 fully saturated rings. The van der Waals surface area contributed by atoms with Crippen molar-refractivity contribution in [2.45, 2.75) is 30.6 Å². The van der Waals surface area contributed by atoms with Gasteiger partial charge in [-0.2, -0.15) is 0 Å². The lowest BCUT2D eigenvalue weighted by molar-refractivity contribution is -0.147. The fourth-order valence-electron chi connectivity index (χ4n) is 4.42. The van der Waals surface area contributed by atoms with Crippen LogP contribution in [0, 0.1) is 5.41 Å². The molecule has 1 aromatic heterocycles. The van der Waals surface area contributed by atoms with Gasteiger partial charge in [-0.3, -0.25) is 15.0 Å². The summed E-state index contributed by atoms with van der Waals surface area (Å²) in [6, 6.07) is 5.69. The number of imidazole rings is 1. The van der Waals surface area contributed by atoms with E-state index in [1.165, 1.54) is 30.4 Å². The number of hydrogen-bond donors (Lipinski definition) is 9. The van der Waals surface area contributed by atoms with E-state index in [1.807, 2.05) is 0 Å². The van der Waals surface area contributed by atoms with Gasteiger partial charge in [0, 0.05) is 16.7 Å². The molecule has 3 aromatic rings. The van der Waals surface area contributed by atoms with E-state index in [4.69, 9.17) is 21.4 Å². The Morgan fingerprint density at radius 3 is 2.45 bits per heavy atom. The molecule has 2 aromatic carbocycles. The quantitative estimate of drug-likeness (QED) is 0.116. The van der Waals surface area contributed by atoms with E-state index in [1.54, 1.807) is 12.1 Å². The highest BCUT2D eigenvalue weighted by Crippen LogP contribution is 2.40. The number of phenols is 1. The number of nitrogens with one attached hydrogen (secondary N) is 3. The van der Waals surface area contributed by atoms with Gasteiger partial charge in [0.05, 0.1) is 34.7 Å². The minimum Gasteiger partial charge on any atom is -0.508 e. The molecular weight excluding hydrogens is 572 g/mol. The Bertz CT molecular complexity index is 1810. The lowest BCUT2D eigenvalue weighted by atomic mass is 9.92. The molecule has 4 rings (SSSR count). The molecule has 1 aliphatic carbocycles. The number of amidine groups is 1. The van der Waals surface area contributed by atoms with E-state index < -0.39 is 57.8 Å². The summed E-state index contributed by atoms with van der Waals surface area (Å²) >= 11 is 0. The van der Waals surface area contributed by atoms with Gasteiger partial charge >= 0.3 is 11.9 Å². The number of aliphatic carboxylic acids is 2. The van der Waals surface area contributed by atoms with Crippen molar-refractivity contribution in [2.24, 2.45) is 10.9 Å². The van der Waals surface area contributed by atoms with Gasteiger partial charge in [0.25, 0.3) is 0 Å². The number of nitrogens with zero attached hydrogens (tertiary/aromatic N) is 1. The monoisotopic (exact) mass is 598 g/mol. The number of nitrogens with two attached hydrogens (primary N) is 2. The predicted molar refractivity (Wildman–Crippen MR) is 150 cm³/mol. The van der Waals surface area contributed by atoms with Crippen LogP contribution in [-0.4, -0.2) is 73.8 Å². The molecule has 1 amide bonds. The number of carboxylic acids is 2. The smallest absolute Gasteiger partial charge is 0.326 e. The number of carbonyl (C=O) groups is 3. The first-order chi connectivity index (χ1) is 19.6. The molecule has 0 saturated carbocycles. The zero-order valence-electron chi connectivity index (χ0n) is 21.7. The number of nitrogen functional groups attached to an aromatic ring is 1. The molecule has 0 spiro atoms. The molecule has 16 heteroatoms. The Morgan fingerprint density at radius 1 is 1.14 bits per heavy atom. The second kappa shape index (κ2) is 11.3. The van der Waals surface area contributed by atoms with E-state index in [9.17, 15) is 38.1 Å². The number of H-pyrrole nitrogens is 1. The average Bonchev–Trinajstić information content (AvgIpc) is 3.32. The van der Waals surface area contributed by atoms with Gasteiger partial charge in [-0.1, -0.05) is 6.08 Å². The summed E-state index contributed by atoms with van der Waals surface area (Å²) in [5.74, 6) is -4.75. The first-order valence-electron chi connectivity index (χ1n) is 12.2. The summed E-state index contributed by atoms with van der Waals surface area (Å²) in [6.45, 7) is 0. The van der Waals surface area contributed by atoms with Crippen LogP contribution in [0.4, 0.5) is 0 Å². The Kier molecular flexibility index (Phi) is 8.03. The zero-order chi connectivity index (χ0) is 30.9. The number of carboxylic acid groups (broad SMARTS) is 2. The average molecular weight is 599 g/mol. The van der Waals surface area contributed by atoms with E-state index in [-0.39, 0.29) is 46.1 Å². The number of rotatable bonds is 10. The maximum atomic E-state index is 12.8. The number of sulfonamides is 1. The van der Waals surface area contributed by atoms with Crippen molar-refractivity contribution in [3.8, 4) is 17.1 Å². The fraction of sp³-hybridized carbons (Fsp3) is 0.192. The largest absolute Gasteiger partial charge is 0.508 e. The second-order valence-corrected chi connectivity index (χ2v) is 11.3. The van der Waals surface area contributed by atoms with Crippen LogP contribution in [0.3, 0.4) is 0 Å². The topological polar surface area (TPSA) is 283 Å². The number of primary sulfonamides is 1. The number of aromatic amines is 1. The molecule has 0 aliphatic heterocycles. The van der Waals surface area contributed by atoms with Gasteiger partial charge in [-0.05, 0) is 48.4 Å². The van der Waals surface area contributed by atoms with Gasteiger partial charge < -0.3 is 36.5 Å². The standard InChI is InChI=1S/C26H26N6O9S/c27-24(28)12-1-3-17-18(8-12)32-25(31-17)16-6-11(7-21(34)30-19(26(38)39)10-22(35)36)5-15(23(16)37)14-9-13(42(29,40)41)2-4-20(14)33/h1,3-6,8-9,13,19,33,37H,2,7,10H2,(H3,27,28)(H,30,34)(H,31,32)(H,35,36)(H,38,39)(H2,29,40,41)/t13?,19-/m1/s1. The number of allylic oxidation sites excluding steroid dienone is 2. The highest BCUT2D eigenvalue weighted by atomic mass is 32.2. The summed E-state index contributed by atoms with van der Waals surface area (Å²) in [4.78, 5) is 42.6. The van der Waals surface area contributed by atoms with Gasteiger partial charge in [-0.15, -0.1) is 0 Å². The molecule has 2 atom stereocenters. The van der Waals surface area contributed by atoms with Crippen molar-refractivity contribution in [2.75, 3.05) is 0 Å². The Morgan fingerprint density at radius 2 is 1.83 bits per heavy atom. The number of aromatic hydroxyl groups is 1. The van der Waals surface area contributed by atoms with Crippen molar-refractivity contribution in [1.29, 1.82) is 5.41 Å². The van der Waals surface area contributed by atoms with Crippen molar-refractivity contribution >= 4 is 50.3 Å².